The highest BCUT2D eigenvalue weighted by Crippen LogP contribution is 2.42. The van der Waals surface area contributed by atoms with Crippen molar-refractivity contribution < 1.29 is 23.7 Å². The summed E-state index contributed by atoms with van der Waals surface area (Å²) in [5.74, 6) is 2.77. The fraction of sp³-hybridized carbons (Fsp3) is 0.241. The van der Waals surface area contributed by atoms with Crippen LogP contribution in [0.3, 0.4) is 0 Å². The van der Waals surface area contributed by atoms with Crippen LogP contribution in [0.25, 0.3) is 11.4 Å². The van der Waals surface area contributed by atoms with Gasteiger partial charge in [-0.05, 0) is 55.8 Å². The van der Waals surface area contributed by atoms with E-state index in [1.54, 1.807) is 62.7 Å². The minimum Gasteiger partial charge on any atom is -0.494 e. The number of benzene rings is 2. The van der Waals surface area contributed by atoms with Crippen LogP contribution in [0, 0.1) is 0 Å². The quantitative estimate of drug-likeness (QED) is 0.310. The maximum Gasteiger partial charge on any atom is 0.255 e. The molecule has 40 heavy (non-hydrogen) atoms. The number of hydrogen-bond donors (Lipinski definition) is 2. The van der Waals surface area contributed by atoms with Gasteiger partial charge in [-0.3, -0.25) is 9.78 Å². The number of methoxy groups -OCH3 is 3. The van der Waals surface area contributed by atoms with Crippen molar-refractivity contribution in [3.8, 4) is 34.4 Å². The van der Waals surface area contributed by atoms with E-state index in [1.807, 2.05) is 38.1 Å². The van der Waals surface area contributed by atoms with Crippen molar-refractivity contribution in [3.63, 3.8) is 0 Å². The van der Waals surface area contributed by atoms with Crippen molar-refractivity contribution in [1.82, 2.24) is 19.7 Å². The zero-order chi connectivity index (χ0) is 28.2. The van der Waals surface area contributed by atoms with Gasteiger partial charge in [-0.2, -0.15) is 4.98 Å². The van der Waals surface area contributed by atoms with Crippen LogP contribution in [0.2, 0.25) is 0 Å². The summed E-state index contributed by atoms with van der Waals surface area (Å²) in [6.45, 7) is 4.33. The number of pyridine rings is 1. The number of ether oxygens (including phenoxy) is 4. The number of rotatable bonds is 9. The number of carbonyl (C=O) groups excluding carboxylic acids is 1. The van der Waals surface area contributed by atoms with E-state index in [9.17, 15) is 4.79 Å². The van der Waals surface area contributed by atoms with Gasteiger partial charge in [-0.15, -0.1) is 5.10 Å². The fourth-order valence-corrected chi connectivity index (χ4v) is 4.63. The first-order chi connectivity index (χ1) is 19.5. The van der Waals surface area contributed by atoms with E-state index in [-0.39, 0.29) is 5.91 Å². The van der Waals surface area contributed by atoms with Crippen molar-refractivity contribution in [1.29, 1.82) is 0 Å². The molecular formula is C29H30N6O5. The molecule has 11 heteroatoms. The number of nitrogens with zero attached hydrogens (tertiary/aromatic N) is 4. The van der Waals surface area contributed by atoms with Crippen LogP contribution in [-0.2, 0) is 4.79 Å². The summed E-state index contributed by atoms with van der Waals surface area (Å²) in [6, 6.07) is 14.1. The smallest absolute Gasteiger partial charge is 0.255 e. The zero-order valence-corrected chi connectivity index (χ0v) is 22.9. The average molecular weight is 543 g/mol. The number of allylic oxidation sites excluding steroid dienone is 1. The zero-order valence-electron chi connectivity index (χ0n) is 22.9. The third-order valence-electron chi connectivity index (χ3n) is 6.45. The molecule has 0 radical (unpaired) electrons. The summed E-state index contributed by atoms with van der Waals surface area (Å²) in [5, 5.41) is 11.1. The second-order valence-corrected chi connectivity index (χ2v) is 8.88. The van der Waals surface area contributed by atoms with E-state index in [2.05, 4.69) is 15.6 Å². The standard InChI is InChI=1S/C29H30N6O5/c1-6-40-21-11-9-18(10-12-21)25-24(28(36)32-20-8-7-13-30-16-20)17(2)31-29-33-27(34-35(25)29)19-14-22(37-3)26(39-5)23(15-19)38-4/h7-16,25H,6H2,1-5H3,(H,32,36)(H,31,33,34). The van der Waals surface area contributed by atoms with Gasteiger partial charge in [0.25, 0.3) is 5.91 Å². The van der Waals surface area contributed by atoms with Crippen molar-refractivity contribution >= 4 is 17.5 Å². The van der Waals surface area contributed by atoms with E-state index in [4.69, 9.17) is 29.0 Å². The normalized spacial score (nSPS) is 14.2. The van der Waals surface area contributed by atoms with Crippen molar-refractivity contribution in [2.45, 2.75) is 19.9 Å². The first-order valence-corrected chi connectivity index (χ1v) is 12.7. The van der Waals surface area contributed by atoms with Crippen LogP contribution in [0.15, 0.2) is 72.2 Å². The number of amides is 1. The van der Waals surface area contributed by atoms with Crippen LogP contribution >= 0.6 is 0 Å². The third-order valence-corrected chi connectivity index (χ3v) is 6.45. The van der Waals surface area contributed by atoms with Crippen molar-refractivity contribution in [2.24, 2.45) is 0 Å². The Morgan fingerprint density at radius 2 is 1.77 bits per heavy atom. The molecule has 5 rings (SSSR count). The molecule has 1 amide bonds. The number of hydrogen-bond acceptors (Lipinski definition) is 9. The van der Waals surface area contributed by atoms with Gasteiger partial charge in [0.2, 0.25) is 11.7 Å². The third kappa shape index (κ3) is 5.00. The lowest BCUT2D eigenvalue weighted by molar-refractivity contribution is -0.113. The van der Waals surface area contributed by atoms with Gasteiger partial charge >= 0.3 is 0 Å². The molecule has 2 aromatic heterocycles. The molecule has 1 aliphatic heterocycles. The van der Waals surface area contributed by atoms with E-state index in [0.717, 1.165) is 11.3 Å². The molecular weight excluding hydrogens is 512 g/mol. The second kappa shape index (κ2) is 11.4. The summed E-state index contributed by atoms with van der Waals surface area (Å²) in [6.07, 6.45) is 3.25. The number of carbonyl (C=O) groups is 1. The van der Waals surface area contributed by atoms with E-state index in [1.165, 1.54) is 0 Å². The largest absolute Gasteiger partial charge is 0.494 e. The number of anilines is 2. The Morgan fingerprint density at radius 1 is 1.05 bits per heavy atom. The van der Waals surface area contributed by atoms with Crippen LogP contribution in [-0.4, -0.2) is 53.6 Å². The summed E-state index contributed by atoms with van der Waals surface area (Å²) in [7, 11) is 4.65. The molecule has 0 aliphatic carbocycles. The molecule has 206 valence electrons. The Kier molecular flexibility index (Phi) is 7.54. The average Bonchev–Trinajstić information content (AvgIpc) is 3.40. The first kappa shape index (κ1) is 26.5. The molecule has 0 saturated heterocycles. The Hall–Kier alpha value is -5.06. The first-order valence-electron chi connectivity index (χ1n) is 12.7. The van der Waals surface area contributed by atoms with Crippen LogP contribution in [0.4, 0.5) is 11.6 Å². The predicted molar refractivity (Wildman–Crippen MR) is 150 cm³/mol. The van der Waals surface area contributed by atoms with Gasteiger partial charge in [-0.1, -0.05) is 12.1 Å². The van der Waals surface area contributed by atoms with Crippen LogP contribution in [0.1, 0.15) is 25.5 Å². The molecule has 0 spiro atoms. The highest BCUT2D eigenvalue weighted by molar-refractivity contribution is 6.06. The highest BCUT2D eigenvalue weighted by atomic mass is 16.5. The van der Waals surface area contributed by atoms with Gasteiger partial charge in [0.1, 0.15) is 11.8 Å². The molecule has 0 fully saturated rings. The lowest BCUT2D eigenvalue weighted by Crippen LogP contribution is -2.31. The number of aromatic nitrogens is 4. The highest BCUT2D eigenvalue weighted by Gasteiger charge is 2.35. The SMILES string of the molecule is CCOc1ccc(C2C(C(=O)Nc3cccnc3)=C(C)Nc3nc(-c4cc(OC)c(OC)c(OC)c4)nn32)cc1. The van der Waals surface area contributed by atoms with Crippen molar-refractivity contribution in [2.75, 3.05) is 38.6 Å². The van der Waals surface area contributed by atoms with Gasteiger partial charge in [0.15, 0.2) is 17.3 Å². The lowest BCUT2D eigenvalue weighted by Gasteiger charge is -2.28. The lowest BCUT2D eigenvalue weighted by atomic mass is 9.95. The summed E-state index contributed by atoms with van der Waals surface area (Å²) < 4.78 is 23.9. The van der Waals surface area contributed by atoms with Gasteiger partial charge in [0.05, 0.1) is 45.4 Å². The van der Waals surface area contributed by atoms with Gasteiger partial charge < -0.3 is 29.6 Å². The maximum absolute atomic E-state index is 13.7. The predicted octanol–water partition coefficient (Wildman–Crippen LogP) is 4.69. The van der Waals surface area contributed by atoms with E-state index < -0.39 is 6.04 Å². The maximum atomic E-state index is 13.7. The van der Waals surface area contributed by atoms with Crippen molar-refractivity contribution in [3.05, 3.63) is 77.8 Å². The van der Waals surface area contributed by atoms with Crippen LogP contribution in [0.5, 0.6) is 23.0 Å². The summed E-state index contributed by atoms with van der Waals surface area (Å²) in [4.78, 5) is 22.6. The Morgan fingerprint density at radius 3 is 2.38 bits per heavy atom. The molecule has 0 bridgehead atoms. The molecule has 3 heterocycles. The molecule has 1 aliphatic rings. The molecule has 2 N–H and O–H groups in total. The minimum absolute atomic E-state index is 0.285. The summed E-state index contributed by atoms with van der Waals surface area (Å²) >= 11 is 0. The fourth-order valence-electron chi connectivity index (χ4n) is 4.63. The summed E-state index contributed by atoms with van der Waals surface area (Å²) in [5.41, 5.74) is 3.21. The molecule has 4 aromatic rings. The number of fused-ring (bicyclic) bond motifs is 1. The molecule has 0 saturated carbocycles. The van der Waals surface area contributed by atoms with Crippen LogP contribution < -0.4 is 29.6 Å². The monoisotopic (exact) mass is 542 g/mol. The van der Waals surface area contributed by atoms with E-state index >= 15 is 0 Å². The minimum atomic E-state index is -0.577. The van der Waals surface area contributed by atoms with Gasteiger partial charge in [-0.25, -0.2) is 4.68 Å². The molecule has 1 atom stereocenters. The Balaban J connectivity index is 1.61. The molecule has 2 aromatic carbocycles. The Labute approximate surface area is 231 Å². The van der Waals surface area contributed by atoms with E-state index in [0.29, 0.717) is 58.1 Å². The topological polar surface area (TPSA) is 122 Å². The molecule has 1 unspecified atom stereocenters. The second-order valence-electron chi connectivity index (χ2n) is 8.88. The number of nitrogens with one attached hydrogen (secondary N) is 2. The Bertz CT molecular complexity index is 1520. The molecule has 11 nitrogen and oxygen atoms in total. The van der Waals surface area contributed by atoms with Gasteiger partial charge in [0, 0.05) is 17.5 Å².